The maximum absolute atomic E-state index is 12.8. The molecule has 0 rings (SSSR count). The molecule has 0 radical (unpaired) electrons. The lowest BCUT2D eigenvalue weighted by Crippen LogP contribution is -2.30. The first-order valence-corrected chi connectivity index (χ1v) is 28.0. The summed E-state index contributed by atoms with van der Waals surface area (Å²) >= 11 is 0. The van der Waals surface area contributed by atoms with Gasteiger partial charge >= 0.3 is 17.9 Å². The van der Waals surface area contributed by atoms with Gasteiger partial charge in [-0.2, -0.15) is 0 Å². The zero-order valence-corrected chi connectivity index (χ0v) is 45.2. The first kappa shape index (κ1) is 66.0. The third-order valence-electron chi connectivity index (χ3n) is 11.0. The Morgan fingerprint density at radius 1 is 0.310 bits per heavy atom. The van der Waals surface area contributed by atoms with Crippen molar-refractivity contribution >= 4 is 17.9 Å². The molecule has 396 valence electrons. The molecule has 1 unspecified atom stereocenters. The molecule has 0 saturated carbocycles. The highest BCUT2D eigenvalue weighted by atomic mass is 16.6. The fraction of sp³-hybridized carbons (Fsp3) is 0.554. The Kier molecular flexibility index (Phi) is 53.6. The van der Waals surface area contributed by atoms with Crippen LogP contribution in [0.25, 0.3) is 0 Å². The number of carbonyl (C=O) groups is 3. The summed E-state index contributed by atoms with van der Waals surface area (Å²) in [6.07, 6.45) is 84.0. The Bertz CT molecular complexity index is 1640. The lowest BCUT2D eigenvalue weighted by molar-refractivity contribution is -0.166. The summed E-state index contributed by atoms with van der Waals surface area (Å²) in [4.78, 5) is 38.0. The standard InChI is InChI=1S/C65H100O6/c1-4-7-10-13-16-19-22-25-27-28-29-30-31-32-33-34-35-36-38-40-43-46-49-52-55-58-64(67)70-61-62(60-69-63(66)57-54-51-48-45-42-39-24-21-18-15-12-9-6-3)71-65(68)59-56-53-50-47-44-41-37-26-23-20-17-14-11-8-5-2/h7-8,10-11,16-17,19-21,24-27,29-30,32-33,35-37,40,43-44,47,53,56,62H,4-6,9,12-15,18,22-23,28,31,34,38-39,41-42,45-46,48-52,54-55,57-61H2,1-3H3/b10-7-,11-8-,19-16-,20-17-,24-21-,27-25-,30-29-,33-32-,36-35-,37-26-,43-40-,47-44-,56-53-. The first-order chi connectivity index (χ1) is 35.0. The van der Waals surface area contributed by atoms with E-state index in [2.05, 4.69) is 167 Å². The van der Waals surface area contributed by atoms with Crippen molar-refractivity contribution in [2.24, 2.45) is 0 Å². The van der Waals surface area contributed by atoms with E-state index in [0.717, 1.165) is 128 Å². The Morgan fingerprint density at radius 3 is 0.958 bits per heavy atom. The van der Waals surface area contributed by atoms with Gasteiger partial charge in [0.15, 0.2) is 6.10 Å². The minimum absolute atomic E-state index is 0.0799. The highest BCUT2D eigenvalue weighted by molar-refractivity contribution is 5.72. The van der Waals surface area contributed by atoms with Gasteiger partial charge in [-0.15, -0.1) is 0 Å². The van der Waals surface area contributed by atoms with Crippen molar-refractivity contribution in [3.63, 3.8) is 0 Å². The molecule has 0 saturated heterocycles. The molecule has 6 nitrogen and oxygen atoms in total. The molecular formula is C65H100O6. The molecule has 0 spiro atoms. The van der Waals surface area contributed by atoms with Gasteiger partial charge in [0.05, 0.1) is 6.42 Å². The van der Waals surface area contributed by atoms with Crippen molar-refractivity contribution < 1.29 is 28.6 Å². The molecule has 71 heavy (non-hydrogen) atoms. The summed E-state index contributed by atoms with van der Waals surface area (Å²) < 4.78 is 16.7. The van der Waals surface area contributed by atoms with Crippen molar-refractivity contribution in [2.45, 2.75) is 219 Å². The SMILES string of the molecule is CC/C=C\C/C=C\C/C=C\C/C=C\C/C=C\C/C=C\C/C=C\CCCCCC(=O)OCC(COC(=O)CCCCCCC/C=C\CCCCCC)OC(=O)C/C=C\C/C=C\C/C=C\C/C=C\C/C=C\CC. The van der Waals surface area contributed by atoms with Gasteiger partial charge in [-0.3, -0.25) is 14.4 Å². The van der Waals surface area contributed by atoms with Crippen molar-refractivity contribution in [2.75, 3.05) is 13.2 Å². The summed E-state index contributed by atoms with van der Waals surface area (Å²) in [6.45, 7) is 6.25. The number of hydrogen-bond donors (Lipinski definition) is 0. The highest BCUT2D eigenvalue weighted by Gasteiger charge is 2.19. The Balaban J connectivity index is 4.54. The van der Waals surface area contributed by atoms with Crippen LogP contribution in [0.2, 0.25) is 0 Å². The minimum Gasteiger partial charge on any atom is -0.462 e. The van der Waals surface area contributed by atoms with Gasteiger partial charge in [0.2, 0.25) is 0 Å². The van der Waals surface area contributed by atoms with Gasteiger partial charge < -0.3 is 14.2 Å². The summed E-state index contributed by atoms with van der Waals surface area (Å²) in [5.74, 6) is -1.12. The molecule has 1 atom stereocenters. The van der Waals surface area contributed by atoms with Gasteiger partial charge in [-0.25, -0.2) is 0 Å². The first-order valence-electron chi connectivity index (χ1n) is 28.0. The van der Waals surface area contributed by atoms with Crippen molar-refractivity contribution in [3.05, 3.63) is 158 Å². The second kappa shape index (κ2) is 57.6. The van der Waals surface area contributed by atoms with E-state index in [9.17, 15) is 14.4 Å². The summed E-state index contributed by atoms with van der Waals surface area (Å²) in [7, 11) is 0. The fourth-order valence-electron chi connectivity index (χ4n) is 6.90. The lowest BCUT2D eigenvalue weighted by atomic mass is 10.1. The van der Waals surface area contributed by atoms with Gasteiger partial charge in [0.25, 0.3) is 0 Å². The predicted molar refractivity (Wildman–Crippen MR) is 306 cm³/mol. The molecule has 0 heterocycles. The van der Waals surface area contributed by atoms with E-state index in [1.54, 1.807) is 6.08 Å². The van der Waals surface area contributed by atoms with Crippen LogP contribution in [-0.2, 0) is 28.6 Å². The molecule has 0 aromatic rings. The number of esters is 3. The van der Waals surface area contributed by atoms with E-state index in [1.165, 1.54) is 38.5 Å². The van der Waals surface area contributed by atoms with Gasteiger partial charge in [-0.05, 0) is 128 Å². The second-order valence-electron chi connectivity index (χ2n) is 17.7. The predicted octanol–water partition coefficient (Wildman–Crippen LogP) is 19.0. The van der Waals surface area contributed by atoms with Crippen LogP contribution >= 0.6 is 0 Å². The normalized spacial score (nSPS) is 13.3. The molecular weight excluding hydrogens is 877 g/mol. The quantitative estimate of drug-likeness (QED) is 0.0262. The maximum atomic E-state index is 12.8. The number of hydrogen-bond acceptors (Lipinski definition) is 6. The third-order valence-corrected chi connectivity index (χ3v) is 11.0. The van der Waals surface area contributed by atoms with E-state index < -0.39 is 12.1 Å². The van der Waals surface area contributed by atoms with Crippen LogP contribution in [-0.4, -0.2) is 37.2 Å². The zero-order valence-electron chi connectivity index (χ0n) is 45.2. The van der Waals surface area contributed by atoms with E-state index in [0.29, 0.717) is 12.8 Å². The molecule has 6 heteroatoms. The van der Waals surface area contributed by atoms with Crippen LogP contribution in [0.5, 0.6) is 0 Å². The summed E-state index contributed by atoms with van der Waals surface area (Å²) in [6, 6.07) is 0. The number of rotatable bonds is 48. The van der Waals surface area contributed by atoms with Crippen LogP contribution in [0.3, 0.4) is 0 Å². The molecule has 0 aliphatic rings. The Hall–Kier alpha value is -4.97. The number of carbonyl (C=O) groups excluding carboxylic acids is 3. The summed E-state index contributed by atoms with van der Waals surface area (Å²) in [5, 5.41) is 0. The molecule has 0 fully saturated rings. The molecule has 0 bridgehead atoms. The van der Waals surface area contributed by atoms with E-state index in [-0.39, 0.29) is 38.0 Å². The maximum Gasteiger partial charge on any atom is 0.310 e. The molecule has 0 aromatic carbocycles. The molecule has 0 aromatic heterocycles. The third kappa shape index (κ3) is 55.8. The van der Waals surface area contributed by atoms with Crippen molar-refractivity contribution in [3.8, 4) is 0 Å². The minimum atomic E-state index is -0.857. The molecule has 0 aliphatic carbocycles. The molecule has 0 N–H and O–H groups in total. The van der Waals surface area contributed by atoms with E-state index in [4.69, 9.17) is 14.2 Å². The average molecular weight is 978 g/mol. The summed E-state index contributed by atoms with van der Waals surface area (Å²) in [5.41, 5.74) is 0. The zero-order chi connectivity index (χ0) is 51.4. The van der Waals surface area contributed by atoms with Gasteiger partial charge in [0, 0.05) is 12.8 Å². The Morgan fingerprint density at radius 2 is 0.592 bits per heavy atom. The van der Waals surface area contributed by atoms with Crippen LogP contribution in [0.1, 0.15) is 213 Å². The number of ether oxygens (including phenoxy) is 3. The van der Waals surface area contributed by atoms with E-state index in [1.807, 2.05) is 6.08 Å². The largest absolute Gasteiger partial charge is 0.462 e. The van der Waals surface area contributed by atoms with Crippen molar-refractivity contribution in [1.29, 1.82) is 0 Å². The fourth-order valence-corrected chi connectivity index (χ4v) is 6.90. The second-order valence-corrected chi connectivity index (χ2v) is 17.7. The molecule has 0 aliphatic heterocycles. The van der Waals surface area contributed by atoms with Gasteiger partial charge in [-0.1, -0.05) is 224 Å². The van der Waals surface area contributed by atoms with Crippen LogP contribution in [0.4, 0.5) is 0 Å². The van der Waals surface area contributed by atoms with Crippen LogP contribution in [0, 0.1) is 0 Å². The smallest absolute Gasteiger partial charge is 0.310 e. The lowest BCUT2D eigenvalue weighted by Gasteiger charge is -2.18. The van der Waals surface area contributed by atoms with Crippen LogP contribution < -0.4 is 0 Å². The van der Waals surface area contributed by atoms with E-state index >= 15 is 0 Å². The Labute approximate surface area is 435 Å². The van der Waals surface area contributed by atoms with Crippen LogP contribution in [0.15, 0.2) is 158 Å². The average Bonchev–Trinajstić information content (AvgIpc) is 3.37. The molecule has 0 amide bonds. The monoisotopic (exact) mass is 977 g/mol. The number of allylic oxidation sites excluding steroid dienone is 25. The highest BCUT2D eigenvalue weighted by Crippen LogP contribution is 2.11. The van der Waals surface area contributed by atoms with Gasteiger partial charge in [0.1, 0.15) is 13.2 Å². The van der Waals surface area contributed by atoms with Crippen molar-refractivity contribution in [1.82, 2.24) is 0 Å². The number of unbranched alkanes of at least 4 members (excludes halogenated alkanes) is 12. The topological polar surface area (TPSA) is 78.9 Å².